The average Bonchev–Trinajstić information content (AvgIpc) is 3.05. The number of nitrogens with two attached hydrogens (primary N) is 1. The first-order valence-electron chi connectivity index (χ1n) is 7.27. The van der Waals surface area contributed by atoms with Crippen molar-refractivity contribution in [3.63, 3.8) is 0 Å². The van der Waals surface area contributed by atoms with E-state index in [9.17, 15) is 0 Å². The average molecular weight is 274 g/mol. The van der Waals surface area contributed by atoms with Gasteiger partial charge < -0.3 is 15.1 Å². The number of fused-ring (bicyclic) bond motifs is 1. The van der Waals surface area contributed by atoms with Crippen molar-refractivity contribution in [3.8, 4) is 0 Å². The SMILES string of the molecule is CN(CCN1CCCC1)Cc1nc2c(N)cccc2o1. The van der Waals surface area contributed by atoms with Crippen molar-refractivity contribution in [2.24, 2.45) is 0 Å². The second kappa shape index (κ2) is 5.81. The first-order chi connectivity index (χ1) is 9.72. The van der Waals surface area contributed by atoms with E-state index in [1.54, 1.807) is 0 Å². The van der Waals surface area contributed by atoms with Crippen LogP contribution in [-0.2, 0) is 6.54 Å². The standard InChI is InChI=1S/C15H22N4O/c1-18(9-10-19-7-2-3-8-19)11-14-17-15-12(16)5-4-6-13(15)20-14/h4-6H,2-3,7-11,16H2,1H3. The Morgan fingerprint density at radius 1 is 1.35 bits per heavy atom. The van der Waals surface area contributed by atoms with Crippen molar-refractivity contribution in [2.45, 2.75) is 19.4 Å². The molecule has 5 nitrogen and oxygen atoms in total. The Balaban J connectivity index is 1.59. The predicted molar refractivity (Wildman–Crippen MR) is 80.4 cm³/mol. The number of para-hydroxylation sites is 1. The molecule has 3 rings (SSSR count). The second-order valence-electron chi connectivity index (χ2n) is 5.59. The molecule has 20 heavy (non-hydrogen) atoms. The second-order valence-corrected chi connectivity index (χ2v) is 5.59. The van der Waals surface area contributed by atoms with Crippen molar-refractivity contribution in [1.29, 1.82) is 0 Å². The molecule has 1 saturated heterocycles. The lowest BCUT2D eigenvalue weighted by atomic mass is 10.3. The molecule has 5 heteroatoms. The van der Waals surface area contributed by atoms with Crippen molar-refractivity contribution in [3.05, 3.63) is 24.1 Å². The van der Waals surface area contributed by atoms with Gasteiger partial charge in [-0.25, -0.2) is 4.98 Å². The molecule has 2 aromatic rings. The zero-order valence-corrected chi connectivity index (χ0v) is 12.0. The van der Waals surface area contributed by atoms with Crippen LogP contribution in [0.5, 0.6) is 0 Å². The van der Waals surface area contributed by atoms with E-state index in [0.717, 1.165) is 36.6 Å². The Morgan fingerprint density at radius 2 is 2.15 bits per heavy atom. The maximum Gasteiger partial charge on any atom is 0.209 e. The molecule has 0 atom stereocenters. The van der Waals surface area contributed by atoms with E-state index in [-0.39, 0.29) is 0 Å². The van der Waals surface area contributed by atoms with Crippen LogP contribution >= 0.6 is 0 Å². The molecule has 1 aromatic heterocycles. The highest BCUT2D eigenvalue weighted by Crippen LogP contribution is 2.21. The molecule has 2 N–H and O–H groups in total. The number of hydrogen-bond donors (Lipinski definition) is 1. The molecule has 0 spiro atoms. The van der Waals surface area contributed by atoms with E-state index in [4.69, 9.17) is 10.2 Å². The minimum atomic E-state index is 0.678. The molecule has 0 amide bonds. The molecule has 1 fully saturated rings. The maximum atomic E-state index is 5.90. The summed E-state index contributed by atoms with van der Waals surface area (Å²) in [7, 11) is 2.11. The van der Waals surface area contributed by atoms with Gasteiger partial charge in [-0.1, -0.05) is 6.07 Å². The van der Waals surface area contributed by atoms with Crippen LogP contribution in [0.4, 0.5) is 5.69 Å². The largest absolute Gasteiger partial charge is 0.439 e. The number of aromatic nitrogens is 1. The third kappa shape index (κ3) is 2.94. The number of hydrogen-bond acceptors (Lipinski definition) is 5. The van der Waals surface area contributed by atoms with E-state index in [2.05, 4.69) is 21.8 Å². The molecule has 1 aromatic carbocycles. The fourth-order valence-electron chi connectivity index (χ4n) is 2.71. The van der Waals surface area contributed by atoms with Gasteiger partial charge in [-0.15, -0.1) is 0 Å². The van der Waals surface area contributed by atoms with Crippen LogP contribution in [0.1, 0.15) is 18.7 Å². The molecule has 0 bridgehead atoms. The smallest absolute Gasteiger partial charge is 0.209 e. The highest BCUT2D eigenvalue weighted by Gasteiger charge is 2.13. The van der Waals surface area contributed by atoms with Crippen LogP contribution in [0.25, 0.3) is 11.1 Å². The molecule has 108 valence electrons. The van der Waals surface area contributed by atoms with E-state index >= 15 is 0 Å². The van der Waals surface area contributed by atoms with E-state index < -0.39 is 0 Å². The normalized spacial score (nSPS) is 16.5. The minimum Gasteiger partial charge on any atom is -0.439 e. The number of nitrogen functional groups attached to an aromatic ring is 1. The zero-order valence-electron chi connectivity index (χ0n) is 12.0. The van der Waals surface area contributed by atoms with Crippen molar-refractivity contribution in [1.82, 2.24) is 14.8 Å². The van der Waals surface area contributed by atoms with E-state index in [1.807, 2.05) is 18.2 Å². The third-order valence-electron chi connectivity index (χ3n) is 3.90. The summed E-state index contributed by atoms with van der Waals surface area (Å²) in [6.45, 7) is 5.37. The lowest BCUT2D eigenvalue weighted by Crippen LogP contribution is -2.31. The van der Waals surface area contributed by atoms with Gasteiger partial charge in [0.2, 0.25) is 5.89 Å². The van der Waals surface area contributed by atoms with E-state index in [0.29, 0.717) is 5.69 Å². The minimum absolute atomic E-state index is 0.678. The van der Waals surface area contributed by atoms with Crippen molar-refractivity contribution in [2.75, 3.05) is 39.0 Å². The molecule has 1 aliphatic heterocycles. The summed E-state index contributed by atoms with van der Waals surface area (Å²) in [6, 6.07) is 5.65. The highest BCUT2D eigenvalue weighted by atomic mass is 16.3. The molecule has 1 aliphatic rings. The lowest BCUT2D eigenvalue weighted by Gasteiger charge is -2.19. The fourth-order valence-corrected chi connectivity index (χ4v) is 2.71. The number of anilines is 1. The highest BCUT2D eigenvalue weighted by molar-refractivity contribution is 5.85. The van der Waals surface area contributed by atoms with Gasteiger partial charge in [0.25, 0.3) is 0 Å². The third-order valence-corrected chi connectivity index (χ3v) is 3.90. The number of benzene rings is 1. The Morgan fingerprint density at radius 3 is 2.90 bits per heavy atom. The summed E-state index contributed by atoms with van der Waals surface area (Å²) in [5.41, 5.74) is 8.12. The first kappa shape index (κ1) is 13.4. The van der Waals surface area contributed by atoms with Gasteiger partial charge in [0, 0.05) is 13.1 Å². The molecular weight excluding hydrogens is 252 g/mol. The molecule has 0 aliphatic carbocycles. The Bertz CT molecular complexity index is 574. The van der Waals surface area contributed by atoms with Crippen LogP contribution in [0.3, 0.4) is 0 Å². The quantitative estimate of drug-likeness (QED) is 0.844. The number of oxazole rings is 1. The monoisotopic (exact) mass is 274 g/mol. The predicted octanol–water partition coefficient (Wildman–Crippen LogP) is 1.94. The van der Waals surface area contributed by atoms with Crippen LogP contribution in [0.2, 0.25) is 0 Å². The van der Waals surface area contributed by atoms with Gasteiger partial charge in [0.05, 0.1) is 12.2 Å². The summed E-state index contributed by atoms with van der Waals surface area (Å²) >= 11 is 0. The summed E-state index contributed by atoms with van der Waals surface area (Å²) in [6.07, 6.45) is 2.68. The van der Waals surface area contributed by atoms with Crippen LogP contribution < -0.4 is 5.73 Å². The first-order valence-corrected chi connectivity index (χ1v) is 7.27. The van der Waals surface area contributed by atoms with Crippen LogP contribution in [0.15, 0.2) is 22.6 Å². The summed E-state index contributed by atoms with van der Waals surface area (Å²) < 4.78 is 5.74. The molecular formula is C15H22N4O. The van der Waals surface area contributed by atoms with Crippen LogP contribution in [0, 0.1) is 0 Å². The van der Waals surface area contributed by atoms with Gasteiger partial charge >= 0.3 is 0 Å². The number of likely N-dealkylation sites (tertiary alicyclic amines) is 1. The van der Waals surface area contributed by atoms with Gasteiger partial charge in [0.15, 0.2) is 5.58 Å². The summed E-state index contributed by atoms with van der Waals surface area (Å²) in [5.74, 6) is 0.738. The van der Waals surface area contributed by atoms with Crippen LogP contribution in [-0.4, -0.2) is 48.0 Å². The summed E-state index contributed by atoms with van der Waals surface area (Å²) in [4.78, 5) is 9.25. The van der Waals surface area contributed by atoms with Gasteiger partial charge in [0.1, 0.15) is 5.52 Å². The molecule has 2 heterocycles. The molecule has 0 saturated carbocycles. The van der Waals surface area contributed by atoms with Gasteiger partial charge in [-0.05, 0) is 45.1 Å². The maximum absolute atomic E-state index is 5.90. The molecule has 0 unspecified atom stereocenters. The van der Waals surface area contributed by atoms with Gasteiger partial charge in [-0.2, -0.15) is 0 Å². The fraction of sp³-hybridized carbons (Fsp3) is 0.533. The Labute approximate surface area is 119 Å². The Hall–Kier alpha value is -1.59. The van der Waals surface area contributed by atoms with Crippen molar-refractivity contribution >= 4 is 16.8 Å². The number of nitrogens with zero attached hydrogens (tertiary/aromatic N) is 3. The zero-order chi connectivity index (χ0) is 13.9. The topological polar surface area (TPSA) is 58.5 Å². The molecule has 0 radical (unpaired) electrons. The van der Waals surface area contributed by atoms with Gasteiger partial charge in [-0.3, -0.25) is 4.90 Å². The summed E-state index contributed by atoms with van der Waals surface area (Å²) in [5, 5.41) is 0. The number of rotatable bonds is 5. The van der Waals surface area contributed by atoms with E-state index in [1.165, 1.54) is 25.9 Å². The lowest BCUT2D eigenvalue weighted by molar-refractivity contribution is 0.238. The van der Waals surface area contributed by atoms with Crippen molar-refractivity contribution < 1.29 is 4.42 Å². The Kier molecular flexibility index (Phi) is 3.89. The number of likely N-dealkylation sites (N-methyl/N-ethyl adjacent to an activating group) is 1.